The predicted octanol–water partition coefficient (Wildman–Crippen LogP) is 4.80. The highest BCUT2D eigenvalue weighted by Gasteiger charge is 2.42. The van der Waals surface area contributed by atoms with Crippen molar-refractivity contribution in [1.29, 1.82) is 0 Å². The van der Waals surface area contributed by atoms with Gasteiger partial charge in [-0.15, -0.1) is 0 Å². The first-order valence-electron chi connectivity index (χ1n) is 9.29. The van der Waals surface area contributed by atoms with Crippen LogP contribution in [0.4, 0.5) is 16.2 Å². The molecule has 0 aliphatic carbocycles. The molecule has 0 aromatic heterocycles. The Morgan fingerprint density at radius 2 is 1.65 bits per heavy atom. The van der Waals surface area contributed by atoms with Gasteiger partial charge in [0.05, 0.1) is 32.1 Å². The van der Waals surface area contributed by atoms with E-state index in [1.807, 2.05) is 24.3 Å². The van der Waals surface area contributed by atoms with Gasteiger partial charge in [-0.2, -0.15) is 4.31 Å². The summed E-state index contributed by atoms with van der Waals surface area (Å²) in [5.74, 6) is 0.750. The molecule has 3 aromatic carbocycles. The number of sulfonamides is 1. The minimum Gasteiger partial charge on any atom is -0.493 e. The van der Waals surface area contributed by atoms with E-state index in [0.29, 0.717) is 17.2 Å². The zero-order valence-electron chi connectivity index (χ0n) is 16.8. The summed E-state index contributed by atoms with van der Waals surface area (Å²) < 4.78 is 39.0. The number of para-hydroxylation sites is 1. The van der Waals surface area contributed by atoms with Gasteiger partial charge in [0.2, 0.25) is 0 Å². The fourth-order valence-corrected chi connectivity index (χ4v) is 5.51. The molecule has 0 N–H and O–H groups in total. The molecule has 0 radical (unpaired) electrons. The molecule has 0 bridgehead atoms. The maximum Gasteiger partial charge on any atom is 0.343 e. The van der Waals surface area contributed by atoms with Gasteiger partial charge in [0, 0.05) is 10.5 Å². The van der Waals surface area contributed by atoms with Crippen LogP contribution in [0, 0.1) is 0 Å². The Labute approximate surface area is 189 Å². The van der Waals surface area contributed by atoms with Gasteiger partial charge in [-0.1, -0.05) is 40.2 Å². The SMILES string of the molecule is COc1ccc(N2C(=O)N(Cc3cccc(Br)c3)c3ccccc3S2(=O)=O)cc1OC. The number of urea groups is 1. The van der Waals surface area contributed by atoms with E-state index in [4.69, 9.17) is 9.47 Å². The number of hydrogen-bond donors (Lipinski definition) is 0. The van der Waals surface area contributed by atoms with E-state index in [0.717, 1.165) is 14.3 Å². The van der Waals surface area contributed by atoms with E-state index in [9.17, 15) is 13.2 Å². The van der Waals surface area contributed by atoms with Crippen LogP contribution in [0.1, 0.15) is 5.56 Å². The Bertz CT molecular complexity index is 1260. The average Bonchev–Trinajstić information content (AvgIpc) is 2.76. The molecule has 9 heteroatoms. The quantitative estimate of drug-likeness (QED) is 0.500. The molecule has 1 aliphatic rings. The third-order valence-corrected chi connectivity index (χ3v) is 7.15. The van der Waals surface area contributed by atoms with Gasteiger partial charge in [-0.3, -0.25) is 4.90 Å². The number of carbonyl (C=O) groups excluding carboxylic acids is 1. The number of benzene rings is 3. The number of anilines is 2. The van der Waals surface area contributed by atoms with Crippen LogP contribution >= 0.6 is 15.9 Å². The van der Waals surface area contributed by atoms with Gasteiger partial charge < -0.3 is 9.47 Å². The number of carbonyl (C=O) groups is 1. The van der Waals surface area contributed by atoms with Crippen LogP contribution in [0.5, 0.6) is 11.5 Å². The number of hydrogen-bond acceptors (Lipinski definition) is 5. The summed E-state index contributed by atoms with van der Waals surface area (Å²) in [7, 11) is -1.20. The van der Waals surface area contributed by atoms with E-state index in [-0.39, 0.29) is 17.1 Å². The molecule has 0 unspecified atom stereocenters. The molecule has 1 heterocycles. The third kappa shape index (κ3) is 3.75. The van der Waals surface area contributed by atoms with Crippen molar-refractivity contribution >= 4 is 43.4 Å². The molecule has 31 heavy (non-hydrogen) atoms. The van der Waals surface area contributed by atoms with E-state index in [1.54, 1.807) is 24.3 Å². The van der Waals surface area contributed by atoms with Crippen molar-refractivity contribution in [2.24, 2.45) is 0 Å². The summed E-state index contributed by atoms with van der Waals surface area (Å²) in [4.78, 5) is 15.0. The minimum absolute atomic E-state index is 0.0550. The van der Waals surface area contributed by atoms with Gasteiger partial charge in [-0.05, 0) is 42.0 Å². The van der Waals surface area contributed by atoms with Crippen LogP contribution < -0.4 is 18.7 Å². The van der Waals surface area contributed by atoms with Gasteiger partial charge in [0.25, 0.3) is 10.0 Å². The van der Waals surface area contributed by atoms with E-state index in [1.165, 1.54) is 37.3 Å². The topological polar surface area (TPSA) is 76.2 Å². The molecule has 0 saturated heterocycles. The summed E-state index contributed by atoms with van der Waals surface area (Å²) in [5, 5.41) is 0. The first-order chi connectivity index (χ1) is 14.9. The van der Waals surface area contributed by atoms with E-state index in [2.05, 4.69) is 15.9 Å². The van der Waals surface area contributed by atoms with Crippen molar-refractivity contribution in [3.63, 3.8) is 0 Å². The second-order valence-electron chi connectivity index (χ2n) is 6.78. The lowest BCUT2D eigenvalue weighted by Crippen LogP contribution is -2.50. The summed E-state index contributed by atoms with van der Waals surface area (Å²) in [6.45, 7) is 0.203. The van der Waals surface area contributed by atoms with Crippen molar-refractivity contribution in [3.8, 4) is 11.5 Å². The van der Waals surface area contributed by atoms with Gasteiger partial charge in [-0.25, -0.2) is 13.2 Å². The van der Waals surface area contributed by atoms with Crippen LogP contribution in [-0.4, -0.2) is 28.7 Å². The van der Waals surface area contributed by atoms with Crippen LogP contribution in [-0.2, 0) is 16.6 Å². The average molecular weight is 503 g/mol. The van der Waals surface area contributed by atoms with Crippen molar-refractivity contribution in [1.82, 2.24) is 0 Å². The lowest BCUT2D eigenvalue weighted by molar-refractivity contribution is 0.253. The normalized spacial score (nSPS) is 14.9. The van der Waals surface area contributed by atoms with E-state index >= 15 is 0 Å². The van der Waals surface area contributed by atoms with Crippen LogP contribution in [0.25, 0.3) is 0 Å². The largest absolute Gasteiger partial charge is 0.493 e. The fourth-order valence-electron chi connectivity index (χ4n) is 3.48. The molecule has 160 valence electrons. The Balaban J connectivity index is 1.86. The second kappa shape index (κ2) is 8.24. The molecule has 0 fully saturated rings. The number of methoxy groups -OCH3 is 2. The summed E-state index contributed by atoms with van der Waals surface area (Å²) in [6.07, 6.45) is 0. The van der Waals surface area contributed by atoms with E-state index < -0.39 is 16.1 Å². The standard InChI is InChI=1S/C22H19BrN2O5S/c1-29-19-11-10-17(13-20(19)30-2)25-22(26)24(14-15-6-5-7-16(23)12-15)18-8-3-4-9-21(18)31(25,27)28/h3-13H,14H2,1-2H3. The van der Waals surface area contributed by atoms with Gasteiger partial charge >= 0.3 is 6.03 Å². The minimum atomic E-state index is -4.13. The maximum absolute atomic E-state index is 13.5. The predicted molar refractivity (Wildman–Crippen MR) is 121 cm³/mol. The maximum atomic E-state index is 13.5. The molecule has 7 nitrogen and oxygen atoms in total. The highest BCUT2D eigenvalue weighted by molar-refractivity contribution is 9.10. The lowest BCUT2D eigenvalue weighted by Gasteiger charge is -2.36. The van der Waals surface area contributed by atoms with Crippen molar-refractivity contribution < 1.29 is 22.7 Å². The van der Waals surface area contributed by atoms with Crippen molar-refractivity contribution in [3.05, 3.63) is 76.8 Å². The smallest absolute Gasteiger partial charge is 0.343 e. The zero-order chi connectivity index (χ0) is 22.2. The first kappa shape index (κ1) is 21.2. The monoisotopic (exact) mass is 502 g/mol. The van der Waals surface area contributed by atoms with Crippen LogP contribution in [0.2, 0.25) is 0 Å². The van der Waals surface area contributed by atoms with Crippen molar-refractivity contribution in [2.45, 2.75) is 11.4 Å². The number of halogens is 1. The molecule has 1 aliphatic heterocycles. The summed E-state index contributed by atoms with van der Waals surface area (Å²) in [5.41, 5.74) is 1.35. The highest BCUT2D eigenvalue weighted by atomic mass is 79.9. The molecular weight excluding hydrogens is 484 g/mol. The number of rotatable bonds is 5. The van der Waals surface area contributed by atoms with Crippen LogP contribution in [0.15, 0.2) is 76.1 Å². The second-order valence-corrected chi connectivity index (χ2v) is 9.45. The molecule has 2 amide bonds. The number of fused-ring (bicyclic) bond motifs is 1. The summed E-state index contributed by atoms with van der Waals surface area (Å²) >= 11 is 3.43. The Morgan fingerprint density at radius 1 is 0.903 bits per heavy atom. The lowest BCUT2D eigenvalue weighted by atomic mass is 10.2. The number of nitrogens with zero attached hydrogens (tertiary/aromatic N) is 2. The number of ether oxygens (including phenoxy) is 2. The molecule has 0 atom stereocenters. The highest BCUT2D eigenvalue weighted by Crippen LogP contribution is 2.40. The van der Waals surface area contributed by atoms with Crippen LogP contribution in [0.3, 0.4) is 0 Å². The Morgan fingerprint density at radius 3 is 2.35 bits per heavy atom. The Kier molecular flexibility index (Phi) is 5.63. The third-order valence-electron chi connectivity index (χ3n) is 4.91. The molecule has 0 spiro atoms. The molecule has 4 rings (SSSR count). The zero-order valence-corrected chi connectivity index (χ0v) is 19.2. The number of amides is 2. The van der Waals surface area contributed by atoms with Gasteiger partial charge in [0.1, 0.15) is 4.90 Å². The van der Waals surface area contributed by atoms with Gasteiger partial charge in [0.15, 0.2) is 11.5 Å². The molecule has 0 saturated carbocycles. The Hall–Kier alpha value is -3.04. The first-order valence-corrected chi connectivity index (χ1v) is 11.5. The molecule has 3 aromatic rings. The molecular formula is C22H19BrN2O5S. The fraction of sp³-hybridized carbons (Fsp3) is 0.136. The summed E-state index contributed by atoms with van der Waals surface area (Å²) in [6, 6.07) is 17.9. The van der Waals surface area contributed by atoms with Crippen molar-refractivity contribution in [2.75, 3.05) is 23.4 Å².